The molecule has 0 fully saturated rings. The van der Waals surface area contributed by atoms with E-state index < -0.39 is 0 Å². The minimum absolute atomic E-state index is 0.129. The Bertz CT molecular complexity index is 1130. The molecule has 2 amide bonds. The zero-order valence-corrected chi connectivity index (χ0v) is 17.8. The molecule has 3 aromatic rings. The van der Waals surface area contributed by atoms with Crippen molar-refractivity contribution in [2.24, 2.45) is 0 Å². The fourth-order valence-electron chi connectivity index (χ4n) is 3.14. The SMILES string of the molecule is COc1ccc(Cl)cc1NC(=O)CN1C(=O)COc2ccc(-c3csc(C)n3)cc21. The lowest BCUT2D eigenvalue weighted by molar-refractivity contribution is -0.123. The summed E-state index contributed by atoms with van der Waals surface area (Å²) in [7, 11) is 1.50. The van der Waals surface area contributed by atoms with Crippen molar-refractivity contribution in [2.75, 3.05) is 30.5 Å². The zero-order valence-electron chi connectivity index (χ0n) is 16.3. The number of aromatic nitrogens is 1. The van der Waals surface area contributed by atoms with Crippen LogP contribution in [0.15, 0.2) is 41.8 Å². The van der Waals surface area contributed by atoms with Crippen LogP contribution in [0.5, 0.6) is 11.5 Å². The molecule has 0 saturated carbocycles. The van der Waals surface area contributed by atoms with E-state index in [0.717, 1.165) is 16.3 Å². The van der Waals surface area contributed by atoms with Gasteiger partial charge in [-0.25, -0.2) is 4.98 Å². The van der Waals surface area contributed by atoms with Crippen LogP contribution in [0.25, 0.3) is 11.3 Å². The van der Waals surface area contributed by atoms with Crippen molar-refractivity contribution >= 4 is 46.1 Å². The lowest BCUT2D eigenvalue weighted by Crippen LogP contribution is -2.43. The van der Waals surface area contributed by atoms with Crippen LogP contribution in [0.3, 0.4) is 0 Å². The summed E-state index contributed by atoms with van der Waals surface area (Å²) < 4.78 is 10.8. The number of methoxy groups -OCH3 is 1. The normalized spacial score (nSPS) is 12.9. The largest absolute Gasteiger partial charge is 0.495 e. The second-order valence-corrected chi connectivity index (χ2v) is 8.09. The minimum atomic E-state index is -0.383. The molecule has 1 aromatic heterocycles. The molecule has 1 aliphatic heterocycles. The number of anilines is 2. The van der Waals surface area contributed by atoms with Gasteiger partial charge in [-0.05, 0) is 43.3 Å². The first-order valence-electron chi connectivity index (χ1n) is 9.07. The number of thiazole rings is 1. The topological polar surface area (TPSA) is 80.8 Å². The molecule has 9 heteroatoms. The van der Waals surface area contributed by atoms with E-state index in [0.29, 0.717) is 27.9 Å². The Morgan fingerprint density at radius 1 is 1.33 bits per heavy atom. The molecule has 0 spiro atoms. The Kier molecular flexibility index (Phi) is 5.61. The molecule has 7 nitrogen and oxygen atoms in total. The quantitative estimate of drug-likeness (QED) is 0.640. The summed E-state index contributed by atoms with van der Waals surface area (Å²) in [4.78, 5) is 31.2. The number of nitrogens with zero attached hydrogens (tertiary/aromatic N) is 2. The number of ether oxygens (including phenoxy) is 2. The van der Waals surface area contributed by atoms with Crippen molar-refractivity contribution in [2.45, 2.75) is 6.92 Å². The summed E-state index contributed by atoms with van der Waals surface area (Å²) in [5, 5.41) is 6.11. The summed E-state index contributed by atoms with van der Waals surface area (Å²) >= 11 is 7.57. The summed E-state index contributed by atoms with van der Waals surface area (Å²) in [6, 6.07) is 10.4. The minimum Gasteiger partial charge on any atom is -0.495 e. The fraction of sp³-hybridized carbons (Fsp3) is 0.190. The number of rotatable bonds is 5. The van der Waals surface area contributed by atoms with E-state index in [4.69, 9.17) is 21.1 Å². The maximum absolute atomic E-state index is 12.7. The average molecular weight is 444 g/mol. The third kappa shape index (κ3) is 4.10. The molecule has 0 saturated heterocycles. The monoisotopic (exact) mass is 443 g/mol. The van der Waals surface area contributed by atoms with Gasteiger partial charge in [0.25, 0.3) is 5.91 Å². The molecule has 2 heterocycles. The molecule has 0 atom stereocenters. The highest BCUT2D eigenvalue weighted by molar-refractivity contribution is 7.09. The first-order valence-corrected chi connectivity index (χ1v) is 10.3. The zero-order chi connectivity index (χ0) is 21.3. The molecule has 2 aromatic carbocycles. The van der Waals surface area contributed by atoms with Crippen LogP contribution in [0.4, 0.5) is 11.4 Å². The van der Waals surface area contributed by atoms with Gasteiger partial charge in [0.05, 0.1) is 29.2 Å². The number of carbonyl (C=O) groups excluding carboxylic acids is 2. The van der Waals surface area contributed by atoms with E-state index in [-0.39, 0.29) is 25.0 Å². The molecule has 154 valence electrons. The van der Waals surface area contributed by atoms with Gasteiger partial charge in [-0.3, -0.25) is 14.5 Å². The predicted octanol–water partition coefficient (Wildman–Crippen LogP) is 4.14. The van der Waals surface area contributed by atoms with E-state index in [1.807, 2.05) is 24.4 Å². The standard InChI is InChI=1S/C21H18ClN3O4S/c1-12-23-16(11-30-12)13-3-5-19-17(7-13)25(21(27)10-29-19)9-20(26)24-15-8-14(22)4-6-18(15)28-2/h3-8,11H,9-10H2,1-2H3,(H,24,26). The lowest BCUT2D eigenvalue weighted by atomic mass is 10.1. The average Bonchev–Trinajstić information content (AvgIpc) is 3.16. The molecular weight excluding hydrogens is 426 g/mol. The van der Waals surface area contributed by atoms with Gasteiger partial charge in [0, 0.05) is 16.0 Å². The second-order valence-electron chi connectivity index (χ2n) is 6.60. The van der Waals surface area contributed by atoms with Crippen LogP contribution in [-0.4, -0.2) is 37.1 Å². The Balaban J connectivity index is 1.60. The Morgan fingerprint density at radius 3 is 2.90 bits per heavy atom. The van der Waals surface area contributed by atoms with Crippen LogP contribution in [0.2, 0.25) is 5.02 Å². The molecule has 30 heavy (non-hydrogen) atoms. The van der Waals surface area contributed by atoms with Crippen molar-refractivity contribution in [1.29, 1.82) is 0 Å². The van der Waals surface area contributed by atoms with Gasteiger partial charge in [-0.15, -0.1) is 11.3 Å². The number of nitrogens with one attached hydrogen (secondary N) is 1. The summed E-state index contributed by atoms with van der Waals surface area (Å²) in [5.74, 6) is 0.329. The molecule has 0 radical (unpaired) electrons. The highest BCUT2D eigenvalue weighted by Crippen LogP contribution is 2.36. The van der Waals surface area contributed by atoms with Gasteiger partial charge in [-0.1, -0.05) is 11.6 Å². The number of benzene rings is 2. The summed E-state index contributed by atoms with van der Waals surface area (Å²) in [5.41, 5.74) is 2.62. The van der Waals surface area contributed by atoms with Crippen molar-refractivity contribution < 1.29 is 19.1 Å². The van der Waals surface area contributed by atoms with E-state index in [9.17, 15) is 9.59 Å². The van der Waals surface area contributed by atoms with Crippen LogP contribution >= 0.6 is 22.9 Å². The number of amides is 2. The van der Waals surface area contributed by atoms with Crippen LogP contribution in [0, 0.1) is 6.92 Å². The summed E-state index contributed by atoms with van der Waals surface area (Å²) in [6.45, 7) is 1.63. The van der Waals surface area contributed by atoms with E-state index in [2.05, 4.69) is 10.3 Å². The van der Waals surface area contributed by atoms with Gasteiger partial charge in [0.1, 0.15) is 18.0 Å². The molecule has 0 unspecified atom stereocenters. The summed E-state index contributed by atoms with van der Waals surface area (Å²) in [6.07, 6.45) is 0. The number of aryl methyl sites for hydroxylation is 1. The molecule has 1 N–H and O–H groups in total. The first kappa shape index (κ1) is 20.2. The highest BCUT2D eigenvalue weighted by Gasteiger charge is 2.28. The number of hydrogen-bond acceptors (Lipinski definition) is 6. The molecule has 0 aliphatic carbocycles. The number of fused-ring (bicyclic) bond motifs is 1. The van der Waals surface area contributed by atoms with Gasteiger partial charge in [0.2, 0.25) is 5.91 Å². The number of carbonyl (C=O) groups is 2. The number of halogens is 1. The molecule has 0 bridgehead atoms. The highest BCUT2D eigenvalue weighted by atomic mass is 35.5. The van der Waals surface area contributed by atoms with Gasteiger partial charge in [-0.2, -0.15) is 0 Å². The van der Waals surface area contributed by atoms with E-state index in [1.54, 1.807) is 35.6 Å². The van der Waals surface area contributed by atoms with Crippen molar-refractivity contribution in [3.8, 4) is 22.8 Å². The van der Waals surface area contributed by atoms with E-state index in [1.165, 1.54) is 12.0 Å². The number of hydrogen-bond donors (Lipinski definition) is 1. The fourth-order valence-corrected chi connectivity index (χ4v) is 3.94. The van der Waals surface area contributed by atoms with Crippen LogP contribution in [0.1, 0.15) is 5.01 Å². The Hall–Kier alpha value is -3.10. The third-order valence-electron chi connectivity index (χ3n) is 4.55. The van der Waals surface area contributed by atoms with Gasteiger partial charge < -0.3 is 14.8 Å². The molecular formula is C21H18ClN3O4S. The molecule has 4 rings (SSSR count). The van der Waals surface area contributed by atoms with Crippen LogP contribution < -0.4 is 19.7 Å². The predicted molar refractivity (Wildman–Crippen MR) is 117 cm³/mol. The van der Waals surface area contributed by atoms with Gasteiger partial charge in [0.15, 0.2) is 6.61 Å². The van der Waals surface area contributed by atoms with Crippen molar-refractivity contribution in [3.05, 3.63) is 51.8 Å². The van der Waals surface area contributed by atoms with E-state index >= 15 is 0 Å². The maximum atomic E-state index is 12.7. The van der Waals surface area contributed by atoms with Gasteiger partial charge >= 0.3 is 0 Å². The second kappa shape index (κ2) is 8.33. The van der Waals surface area contributed by atoms with Crippen LogP contribution in [-0.2, 0) is 9.59 Å². The van der Waals surface area contributed by atoms with Crippen molar-refractivity contribution in [3.63, 3.8) is 0 Å². The Morgan fingerprint density at radius 2 is 2.17 bits per heavy atom. The molecule has 1 aliphatic rings. The Labute approximate surface area is 182 Å². The third-order valence-corrected chi connectivity index (χ3v) is 5.56. The lowest BCUT2D eigenvalue weighted by Gasteiger charge is -2.29. The maximum Gasteiger partial charge on any atom is 0.265 e. The van der Waals surface area contributed by atoms with Crippen molar-refractivity contribution in [1.82, 2.24) is 4.98 Å². The smallest absolute Gasteiger partial charge is 0.265 e. The first-order chi connectivity index (χ1) is 14.4.